The van der Waals surface area contributed by atoms with Gasteiger partial charge in [-0.05, 0) is 47.1 Å². The first-order chi connectivity index (χ1) is 9.15. The van der Waals surface area contributed by atoms with Crippen LogP contribution in [0.15, 0.2) is 39.4 Å². The van der Waals surface area contributed by atoms with Crippen molar-refractivity contribution in [2.75, 3.05) is 6.54 Å². The van der Waals surface area contributed by atoms with Gasteiger partial charge in [-0.25, -0.2) is 4.39 Å². The van der Waals surface area contributed by atoms with E-state index >= 15 is 0 Å². The van der Waals surface area contributed by atoms with Crippen molar-refractivity contribution >= 4 is 27.5 Å². The van der Waals surface area contributed by atoms with Crippen LogP contribution in [0, 0.1) is 5.82 Å². The summed E-state index contributed by atoms with van der Waals surface area (Å²) in [7, 11) is 0. The third-order valence-corrected chi connectivity index (χ3v) is 4.06. The fraction of sp³-hybridized carbons (Fsp3) is 0.286. The molecule has 0 fully saturated rings. The van der Waals surface area contributed by atoms with E-state index in [0.717, 1.165) is 13.0 Å². The number of hydrogen-bond donors (Lipinski definition) is 1. The average Bonchev–Trinajstić information content (AvgIpc) is 2.92. The maximum absolute atomic E-state index is 14.3. The number of benzene rings is 1. The van der Waals surface area contributed by atoms with Gasteiger partial charge < -0.3 is 9.73 Å². The maximum Gasteiger partial charge on any atom is 0.148 e. The van der Waals surface area contributed by atoms with Gasteiger partial charge in [0.25, 0.3) is 0 Å². The Bertz CT molecular complexity index is 545. The topological polar surface area (TPSA) is 25.2 Å². The Morgan fingerprint density at radius 1 is 1.42 bits per heavy atom. The zero-order chi connectivity index (χ0) is 13.8. The van der Waals surface area contributed by atoms with E-state index < -0.39 is 5.82 Å². The molecule has 102 valence electrons. The summed E-state index contributed by atoms with van der Waals surface area (Å²) in [6, 6.07) is 6.73. The van der Waals surface area contributed by atoms with E-state index in [1.165, 1.54) is 0 Å². The Kier molecular flexibility index (Phi) is 5.02. The Balaban J connectivity index is 2.41. The van der Waals surface area contributed by atoms with Gasteiger partial charge in [0.2, 0.25) is 0 Å². The molecule has 1 atom stereocenters. The Hall–Kier alpha value is -0.840. The fourth-order valence-corrected chi connectivity index (χ4v) is 2.35. The Morgan fingerprint density at radius 3 is 2.84 bits per heavy atom. The molecule has 1 aromatic carbocycles. The van der Waals surface area contributed by atoms with Crippen LogP contribution in [-0.2, 0) is 0 Å². The molecule has 2 nitrogen and oxygen atoms in total. The molecule has 5 heteroatoms. The summed E-state index contributed by atoms with van der Waals surface area (Å²) in [6.07, 6.45) is 2.53. The molecule has 0 spiro atoms. The number of furan rings is 1. The summed E-state index contributed by atoms with van der Waals surface area (Å²) in [5.74, 6) is 0.242. The quantitative estimate of drug-likeness (QED) is 0.777. The molecule has 2 aromatic rings. The van der Waals surface area contributed by atoms with Crippen LogP contribution >= 0.6 is 27.5 Å². The summed E-state index contributed by atoms with van der Waals surface area (Å²) in [6.45, 7) is 2.82. The van der Waals surface area contributed by atoms with Crippen molar-refractivity contribution < 1.29 is 8.81 Å². The van der Waals surface area contributed by atoms with Crippen molar-refractivity contribution in [1.82, 2.24) is 5.32 Å². The predicted molar refractivity (Wildman–Crippen MR) is 78.0 cm³/mol. The largest absolute Gasteiger partial charge is 0.467 e. The molecule has 2 rings (SSSR count). The van der Waals surface area contributed by atoms with Crippen LogP contribution in [0.5, 0.6) is 0 Å². The molecule has 19 heavy (non-hydrogen) atoms. The van der Waals surface area contributed by atoms with Crippen LogP contribution in [0.3, 0.4) is 0 Å². The van der Waals surface area contributed by atoms with E-state index in [-0.39, 0.29) is 11.1 Å². The number of hydrogen-bond acceptors (Lipinski definition) is 2. The highest BCUT2D eigenvalue weighted by Gasteiger charge is 2.22. The molecule has 1 aromatic heterocycles. The lowest BCUT2D eigenvalue weighted by Gasteiger charge is -2.18. The molecular weight excluding hydrogens is 333 g/mol. The highest BCUT2D eigenvalue weighted by atomic mass is 79.9. The first-order valence-electron chi connectivity index (χ1n) is 6.05. The second-order valence-corrected chi connectivity index (χ2v) is 5.40. The van der Waals surface area contributed by atoms with Crippen molar-refractivity contribution in [2.24, 2.45) is 0 Å². The summed E-state index contributed by atoms with van der Waals surface area (Å²) in [5.41, 5.74) is 0.483. The van der Waals surface area contributed by atoms with Gasteiger partial charge >= 0.3 is 0 Å². The number of nitrogens with one attached hydrogen (secondary N) is 1. The minimum absolute atomic E-state index is 0.0901. The van der Waals surface area contributed by atoms with E-state index in [1.807, 2.05) is 6.07 Å². The molecule has 0 aliphatic carbocycles. The molecule has 0 aliphatic rings. The van der Waals surface area contributed by atoms with E-state index in [4.69, 9.17) is 16.0 Å². The van der Waals surface area contributed by atoms with Crippen molar-refractivity contribution in [3.05, 3.63) is 57.2 Å². The first-order valence-corrected chi connectivity index (χ1v) is 7.22. The highest BCUT2D eigenvalue weighted by Crippen LogP contribution is 2.33. The van der Waals surface area contributed by atoms with Gasteiger partial charge in [0.1, 0.15) is 11.6 Å². The Labute approximate surface area is 125 Å². The number of rotatable bonds is 5. The zero-order valence-electron chi connectivity index (χ0n) is 10.4. The van der Waals surface area contributed by atoms with Crippen LogP contribution in [0.2, 0.25) is 5.02 Å². The van der Waals surface area contributed by atoms with E-state index in [0.29, 0.717) is 15.8 Å². The molecule has 0 bridgehead atoms. The van der Waals surface area contributed by atoms with Crippen LogP contribution < -0.4 is 5.32 Å². The summed E-state index contributed by atoms with van der Waals surface area (Å²) >= 11 is 9.16. The van der Waals surface area contributed by atoms with Gasteiger partial charge in [-0.3, -0.25) is 0 Å². The van der Waals surface area contributed by atoms with Crippen molar-refractivity contribution in [3.63, 3.8) is 0 Å². The molecule has 0 aliphatic heterocycles. The van der Waals surface area contributed by atoms with Crippen LogP contribution in [0.1, 0.15) is 30.7 Å². The van der Waals surface area contributed by atoms with E-state index in [9.17, 15) is 4.39 Å². The lowest BCUT2D eigenvalue weighted by atomic mass is 10.0. The zero-order valence-corrected chi connectivity index (χ0v) is 12.8. The molecule has 0 radical (unpaired) electrons. The van der Waals surface area contributed by atoms with Gasteiger partial charge in [0.15, 0.2) is 0 Å². The molecule has 0 saturated carbocycles. The van der Waals surface area contributed by atoms with Gasteiger partial charge in [0, 0.05) is 10.0 Å². The van der Waals surface area contributed by atoms with Gasteiger partial charge in [-0.15, -0.1) is 0 Å². The summed E-state index contributed by atoms with van der Waals surface area (Å²) in [5, 5.41) is 3.36. The van der Waals surface area contributed by atoms with Crippen molar-refractivity contribution in [2.45, 2.75) is 19.4 Å². The van der Waals surface area contributed by atoms with Crippen molar-refractivity contribution in [3.8, 4) is 0 Å². The van der Waals surface area contributed by atoms with Gasteiger partial charge in [0.05, 0.1) is 17.3 Å². The van der Waals surface area contributed by atoms with Crippen LogP contribution in [-0.4, -0.2) is 6.54 Å². The lowest BCUT2D eigenvalue weighted by molar-refractivity contribution is 0.436. The normalized spacial score (nSPS) is 12.6. The van der Waals surface area contributed by atoms with Gasteiger partial charge in [-0.1, -0.05) is 24.6 Å². The SMILES string of the molecule is CCCNC(c1ccco1)c1ccc(Br)c(Cl)c1F. The first kappa shape index (κ1) is 14.6. The molecule has 0 amide bonds. The van der Waals surface area contributed by atoms with Crippen LogP contribution in [0.4, 0.5) is 4.39 Å². The second-order valence-electron chi connectivity index (χ2n) is 4.17. The molecular formula is C14H14BrClFNO. The third-order valence-electron chi connectivity index (χ3n) is 2.80. The fourth-order valence-electron chi connectivity index (χ4n) is 1.87. The minimum Gasteiger partial charge on any atom is -0.467 e. The molecule has 1 N–H and O–H groups in total. The monoisotopic (exact) mass is 345 g/mol. The Morgan fingerprint density at radius 2 is 2.21 bits per heavy atom. The predicted octanol–water partition coefficient (Wildman–Crippen LogP) is 4.92. The maximum atomic E-state index is 14.3. The molecule has 1 heterocycles. The standard InChI is InChI=1S/C14H14BrClFNO/c1-2-7-18-14(11-4-3-8-19-11)9-5-6-10(15)12(16)13(9)17/h3-6,8,14,18H,2,7H2,1H3. The van der Waals surface area contributed by atoms with Crippen molar-refractivity contribution in [1.29, 1.82) is 0 Å². The van der Waals surface area contributed by atoms with E-state index in [1.54, 1.807) is 24.5 Å². The molecule has 0 saturated heterocycles. The second kappa shape index (κ2) is 6.55. The van der Waals surface area contributed by atoms with Crippen LogP contribution in [0.25, 0.3) is 0 Å². The third kappa shape index (κ3) is 3.19. The average molecular weight is 347 g/mol. The molecule has 1 unspecified atom stereocenters. The van der Waals surface area contributed by atoms with Gasteiger partial charge in [-0.2, -0.15) is 0 Å². The van der Waals surface area contributed by atoms with E-state index in [2.05, 4.69) is 28.2 Å². The minimum atomic E-state index is -0.430. The highest BCUT2D eigenvalue weighted by molar-refractivity contribution is 9.10. The number of halogens is 3. The lowest BCUT2D eigenvalue weighted by Crippen LogP contribution is -2.23. The summed E-state index contributed by atoms with van der Waals surface area (Å²) in [4.78, 5) is 0. The smallest absolute Gasteiger partial charge is 0.148 e. The summed E-state index contributed by atoms with van der Waals surface area (Å²) < 4.78 is 20.2.